The number of amides is 1. The molecule has 1 heterocycles. The van der Waals surface area contributed by atoms with Crippen molar-refractivity contribution in [2.75, 3.05) is 25.2 Å². The Morgan fingerprint density at radius 1 is 1.45 bits per heavy atom. The lowest BCUT2D eigenvalue weighted by atomic mass is 9.82. The summed E-state index contributed by atoms with van der Waals surface area (Å²) in [7, 11) is 1.63. The first-order valence-corrected chi connectivity index (χ1v) is 9.51. The molecule has 4 nitrogen and oxygen atoms in total. The van der Waals surface area contributed by atoms with Crippen LogP contribution < -0.4 is 4.90 Å². The van der Waals surface area contributed by atoms with Crippen LogP contribution >= 0.6 is 33.9 Å². The van der Waals surface area contributed by atoms with E-state index in [1.54, 1.807) is 12.0 Å². The molecule has 1 aliphatic carbocycles. The largest absolute Gasteiger partial charge is 0.383 e. The molecule has 0 spiro atoms. The molecule has 0 saturated heterocycles. The SMILES string of the molecule is COCCN(c1cc(I)sc1C=O)C(=O)[C@H]1CC[C@H](C)CC1. The van der Waals surface area contributed by atoms with E-state index >= 15 is 0 Å². The van der Waals surface area contributed by atoms with E-state index in [0.29, 0.717) is 23.9 Å². The van der Waals surface area contributed by atoms with Crippen LogP contribution in [0.2, 0.25) is 0 Å². The van der Waals surface area contributed by atoms with Gasteiger partial charge in [-0.1, -0.05) is 6.92 Å². The number of methoxy groups -OCH3 is 1. The summed E-state index contributed by atoms with van der Waals surface area (Å²) in [6.07, 6.45) is 4.95. The maximum Gasteiger partial charge on any atom is 0.230 e. The Morgan fingerprint density at radius 3 is 2.73 bits per heavy atom. The summed E-state index contributed by atoms with van der Waals surface area (Å²) in [4.78, 5) is 26.6. The predicted octanol–water partition coefficient (Wildman–Crippen LogP) is 3.97. The van der Waals surface area contributed by atoms with Gasteiger partial charge in [0.1, 0.15) is 0 Å². The van der Waals surface area contributed by atoms with E-state index in [0.717, 1.165) is 40.5 Å². The Kier molecular flexibility index (Phi) is 6.83. The molecule has 1 fully saturated rings. The van der Waals surface area contributed by atoms with Gasteiger partial charge in [0, 0.05) is 19.6 Å². The molecule has 0 bridgehead atoms. The molecule has 6 heteroatoms. The van der Waals surface area contributed by atoms with Gasteiger partial charge < -0.3 is 9.64 Å². The molecule has 22 heavy (non-hydrogen) atoms. The van der Waals surface area contributed by atoms with Gasteiger partial charge in [-0.2, -0.15) is 0 Å². The van der Waals surface area contributed by atoms with E-state index in [1.165, 1.54) is 11.3 Å². The van der Waals surface area contributed by atoms with Gasteiger partial charge in [0.25, 0.3) is 0 Å². The fourth-order valence-electron chi connectivity index (χ4n) is 2.92. The number of nitrogens with zero attached hydrogens (tertiary/aromatic N) is 1. The Morgan fingerprint density at radius 2 is 2.14 bits per heavy atom. The molecule has 0 aromatic carbocycles. The lowest BCUT2D eigenvalue weighted by Gasteiger charge is -2.31. The van der Waals surface area contributed by atoms with Crippen molar-refractivity contribution in [2.24, 2.45) is 11.8 Å². The fourth-order valence-corrected chi connectivity index (χ4v) is 4.63. The molecule has 1 amide bonds. The molecule has 1 aromatic rings. The van der Waals surface area contributed by atoms with Crippen molar-refractivity contribution in [2.45, 2.75) is 32.6 Å². The number of anilines is 1. The lowest BCUT2D eigenvalue weighted by molar-refractivity contribution is -0.123. The molecular weight excluding hydrogens is 413 g/mol. The normalized spacial score (nSPS) is 21.6. The van der Waals surface area contributed by atoms with Gasteiger partial charge in [-0.25, -0.2) is 0 Å². The second kappa shape index (κ2) is 8.40. The van der Waals surface area contributed by atoms with E-state index in [1.807, 2.05) is 6.07 Å². The summed E-state index contributed by atoms with van der Waals surface area (Å²) in [5, 5.41) is 0. The molecule has 1 aliphatic rings. The van der Waals surface area contributed by atoms with Crippen molar-refractivity contribution < 1.29 is 14.3 Å². The molecule has 2 rings (SSSR count). The molecule has 122 valence electrons. The zero-order valence-electron chi connectivity index (χ0n) is 13.0. The highest BCUT2D eigenvalue weighted by Crippen LogP contribution is 2.34. The summed E-state index contributed by atoms with van der Waals surface area (Å²) in [5.74, 6) is 0.926. The Bertz CT molecular complexity index is 523. The summed E-state index contributed by atoms with van der Waals surface area (Å²) < 4.78 is 6.16. The van der Waals surface area contributed by atoms with Crippen LogP contribution in [0.5, 0.6) is 0 Å². The summed E-state index contributed by atoms with van der Waals surface area (Å²) in [5.41, 5.74) is 0.741. The average Bonchev–Trinajstić information content (AvgIpc) is 2.89. The lowest BCUT2D eigenvalue weighted by Crippen LogP contribution is -2.40. The molecule has 0 aliphatic heterocycles. The van der Waals surface area contributed by atoms with Crippen LogP contribution in [0.3, 0.4) is 0 Å². The molecule has 0 radical (unpaired) electrons. The highest BCUT2D eigenvalue weighted by Gasteiger charge is 2.30. The van der Waals surface area contributed by atoms with Crippen molar-refractivity contribution in [3.63, 3.8) is 0 Å². The zero-order chi connectivity index (χ0) is 16.1. The minimum Gasteiger partial charge on any atom is -0.383 e. The number of hydrogen-bond donors (Lipinski definition) is 0. The van der Waals surface area contributed by atoms with Crippen molar-refractivity contribution in [1.82, 2.24) is 0 Å². The van der Waals surface area contributed by atoms with E-state index in [4.69, 9.17) is 4.74 Å². The Labute approximate surface area is 149 Å². The average molecular weight is 435 g/mol. The maximum absolute atomic E-state index is 12.9. The molecule has 0 N–H and O–H groups in total. The van der Waals surface area contributed by atoms with Gasteiger partial charge in [-0.05, 0) is 60.3 Å². The zero-order valence-corrected chi connectivity index (χ0v) is 16.0. The highest BCUT2D eigenvalue weighted by molar-refractivity contribution is 14.1. The quantitative estimate of drug-likeness (QED) is 0.502. The van der Waals surface area contributed by atoms with E-state index in [-0.39, 0.29) is 11.8 Å². The number of rotatable bonds is 6. The number of thiophene rings is 1. The van der Waals surface area contributed by atoms with Gasteiger partial charge in [-0.15, -0.1) is 11.3 Å². The minimum atomic E-state index is 0.0742. The molecule has 1 saturated carbocycles. The van der Waals surface area contributed by atoms with Crippen LogP contribution in [0.25, 0.3) is 0 Å². The van der Waals surface area contributed by atoms with Gasteiger partial charge in [0.15, 0.2) is 6.29 Å². The van der Waals surface area contributed by atoms with Crippen molar-refractivity contribution >= 4 is 51.8 Å². The third-order valence-corrected chi connectivity index (χ3v) is 6.07. The number of halogens is 1. The first-order chi connectivity index (χ1) is 10.6. The van der Waals surface area contributed by atoms with Gasteiger partial charge in [-0.3, -0.25) is 9.59 Å². The molecule has 0 unspecified atom stereocenters. The third kappa shape index (κ3) is 4.29. The minimum absolute atomic E-state index is 0.0742. The highest BCUT2D eigenvalue weighted by atomic mass is 127. The topological polar surface area (TPSA) is 46.6 Å². The van der Waals surface area contributed by atoms with Gasteiger partial charge in [0.05, 0.1) is 20.1 Å². The van der Waals surface area contributed by atoms with Gasteiger partial charge in [0.2, 0.25) is 5.91 Å². The number of carbonyl (C=O) groups excluding carboxylic acids is 2. The fraction of sp³-hybridized carbons (Fsp3) is 0.625. The van der Waals surface area contributed by atoms with Crippen LogP contribution in [0.15, 0.2) is 6.07 Å². The third-order valence-electron chi connectivity index (χ3n) is 4.26. The Hall–Kier alpha value is -0.470. The van der Waals surface area contributed by atoms with E-state index in [9.17, 15) is 9.59 Å². The number of carbonyl (C=O) groups is 2. The molecule has 1 aromatic heterocycles. The number of hydrogen-bond acceptors (Lipinski definition) is 4. The van der Waals surface area contributed by atoms with Gasteiger partial charge >= 0.3 is 0 Å². The smallest absolute Gasteiger partial charge is 0.230 e. The second-order valence-electron chi connectivity index (χ2n) is 5.86. The predicted molar refractivity (Wildman–Crippen MR) is 97.8 cm³/mol. The second-order valence-corrected chi connectivity index (χ2v) is 8.84. The van der Waals surface area contributed by atoms with Crippen LogP contribution in [-0.2, 0) is 9.53 Å². The Balaban J connectivity index is 2.21. The van der Waals surface area contributed by atoms with E-state index < -0.39 is 0 Å². The summed E-state index contributed by atoms with van der Waals surface area (Å²) in [6.45, 7) is 3.21. The molecular formula is C16H22INO3S. The first-order valence-electron chi connectivity index (χ1n) is 7.61. The molecule has 0 atom stereocenters. The van der Waals surface area contributed by atoms with Crippen molar-refractivity contribution in [3.05, 3.63) is 13.8 Å². The standard InChI is InChI=1S/C16H22INO3S/c1-11-3-5-12(6-4-11)16(20)18(7-8-21-2)13-9-15(17)22-14(13)10-19/h9-12H,3-8H2,1-2H3/t11-,12-. The maximum atomic E-state index is 12.9. The van der Waals surface area contributed by atoms with E-state index in [2.05, 4.69) is 29.5 Å². The first kappa shape index (κ1) is 17.9. The van der Waals surface area contributed by atoms with Crippen LogP contribution in [-0.4, -0.2) is 32.5 Å². The van der Waals surface area contributed by atoms with Crippen molar-refractivity contribution in [3.8, 4) is 0 Å². The number of aldehydes is 1. The van der Waals surface area contributed by atoms with Crippen LogP contribution in [0, 0.1) is 14.7 Å². The van der Waals surface area contributed by atoms with Crippen LogP contribution in [0.1, 0.15) is 42.3 Å². The van der Waals surface area contributed by atoms with Crippen LogP contribution in [0.4, 0.5) is 5.69 Å². The summed E-state index contributed by atoms with van der Waals surface area (Å²) >= 11 is 3.62. The summed E-state index contributed by atoms with van der Waals surface area (Å²) in [6, 6.07) is 1.92. The number of ether oxygens (including phenoxy) is 1. The monoisotopic (exact) mass is 435 g/mol. The van der Waals surface area contributed by atoms with Crippen molar-refractivity contribution in [1.29, 1.82) is 0 Å².